The van der Waals surface area contributed by atoms with Gasteiger partial charge in [-0.2, -0.15) is 0 Å². The summed E-state index contributed by atoms with van der Waals surface area (Å²) in [7, 11) is -2.17. The fourth-order valence-electron chi connectivity index (χ4n) is 2.02. The molecule has 0 radical (unpaired) electrons. The van der Waals surface area contributed by atoms with Gasteiger partial charge in [0.05, 0.1) is 13.2 Å². The van der Waals surface area contributed by atoms with Crippen molar-refractivity contribution in [3.8, 4) is 5.75 Å². The lowest BCUT2D eigenvalue weighted by Gasteiger charge is -2.19. The van der Waals surface area contributed by atoms with E-state index < -0.39 is 10.0 Å². The zero-order valence-electron chi connectivity index (χ0n) is 12.8. The Bertz CT molecular complexity index is 540. The number of methoxy groups -OCH3 is 1. The summed E-state index contributed by atoms with van der Waals surface area (Å²) in [5, 5.41) is 0. The van der Waals surface area contributed by atoms with Crippen LogP contribution in [0.3, 0.4) is 0 Å². The van der Waals surface area contributed by atoms with Crippen molar-refractivity contribution in [2.75, 3.05) is 26.1 Å². The van der Waals surface area contributed by atoms with Crippen LogP contribution in [0.5, 0.6) is 5.75 Å². The van der Waals surface area contributed by atoms with Gasteiger partial charge in [-0.05, 0) is 31.5 Å². The van der Waals surface area contributed by atoms with Crippen molar-refractivity contribution in [1.82, 2.24) is 4.72 Å². The molecule has 0 fully saturated rings. The van der Waals surface area contributed by atoms with E-state index in [1.54, 1.807) is 26.2 Å². The summed E-state index contributed by atoms with van der Waals surface area (Å²) in [6, 6.07) is 4.31. The highest BCUT2D eigenvalue weighted by atomic mass is 32.2. The second-order valence-electron chi connectivity index (χ2n) is 4.70. The standard InChI is InChI=1S/C14H24N2O4S/c1-4-6-12(10-19-3)16-21(17,18)14-9-11(15)7-8-13(14)20-5-2/h7-9,12,16H,4-6,10,15H2,1-3H3. The van der Waals surface area contributed by atoms with Gasteiger partial charge in [0.25, 0.3) is 0 Å². The van der Waals surface area contributed by atoms with Crippen LogP contribution in [0, 0.1) is 0 Å². The van der Waals surface area contributed by atoms with Gasteiger partial charge in [0, 0.05) is 18.8 Å². The first kappa shape index (κ1) is 17.7. The Morgan fingerprint density at radius 2 is 2.05 bits per heavy atom. The zero-order chi connectivity index (χ0) is 15.9. The monoisotopic (exact) mass is 316 g/mol. The predicted octanol–water partition coefficient (Wildman–Crippen LogP) is 1.76. The van der Waals surface area contributed by atoms with Crippen LogP contribution in [0.4, 0.5) is 5.69 Å². The van der Waals surface area contributed by atoms with Crippen molar-refractivity contribution in [2.24, 2.45) is 0 Å². The Labute approximate surface area is 126 Å². The van der Waals surface area contributed by atoms with Crippen molar-refractivity contribution in [3.05, 3.63) is 18.2 Å². The second-order valence-corrected chi connectivity index (χ2v) is 6.38. The summed E-state index contributed by atoms with van der Waals surface area (Å²) in [4.78, 5) is 0.0570. The number of hydrogen-bond donors (Lipinski definition) is 2. The van der Waals surface area contributed by atoms with Gasteiger partial charge < -0.3 is 15.2 Å². The number of benzene rings is 1. The number of nitrogen functional groups attached to an aromatic ring is 1. The minimum atomic E-state index is -3.71. The van der Waals surface area contributed by atoms with E-state index in [0.717, 1.165) is 6.42 Å². The molecule has 7 heteroatoms. The molecule has 0 aliphatic heterocycles. The number of hydrogen-bond acceptors (Lipinski definition) is 5. The quantitative estimate of drug-likeness (QED) is 0.677. The molecule has 3 N–H and O–H groups in total. The second kappa shape index (κ2) is 8.21. The van der Waals surface area contributed by atoms with Gasteiger partial charge in [0.1, 0.15) is 10.6 Å². The van der Waals surface area contributed by atoms with Crippen LogP contribution in [0.25, 0.3) is 0 Å². The molecule has 1 aromatic carbocycles. The molecular weight excluding hydrogens is 292 g/mol. The number of anilines is 1. The van der Waals surface area contributed by atoms with Gasteiger partial charge in [-0.25, -0.2) is 13.1 Å². The smallest absolute Gasteiger partial charge is 0.244 e. The highest BCUT2D eigenvalue weighted by molar-refractivity contribution is 7.89. The minimum Gasteiger partial charge on any atom is -0.492 e. The molecule has 6 nitrogen and oxygen atoms in total. The van der Waals surface area contributed by atoms with Gasteiger partial charge in [0.2, 0.25) is 10.0 Å². The van der Waals surface area contributed by atoms with E-state index >= 15 is 0 Å². The maximum absolute atomic E-state index is 12.5. The SMILES string of the molecule is CCCC(COC)NS(=O)(=O)c1cc(N)ccc1OCC. The van der Waals surface area contributed by atoms with Crippen molar-refractivity contribution in [2.45, 2.75) is 37.6 Å². The lowest BCUT2D eigenvalue weighted by atomic mass is 10.2. The molecule has 0 spiro atoms. The molecule has 21 heavy (non-hydrogen) atoms. The van der Waals surface area contributed by atoms with Gasteiger partial charge in [-0.1, -0.05) is 13.3 Å². The highest BCUT2D eigenvalue weighted by Gasteiger charge is 2.23. The summed E-state index contributed by atoms with van der Waals surface area (Å²) in [5.41, 5.74) is 6.07. The van der Waals surface area contributed by atoms with E-state index in [1.165, 1.54) is 6.07 Å². The molecule has 0 aliphatic rings. The molecule has 0 saturated carbocycles. The van der Waals surface area contributed by atoms with Crippen LogP contribution in [0.2, 0.25) is 0 Å². The van der Waals surface area contributed by atoms with E-state index in [4.69, 9.17) is 15.2 Å². The van der Waals surface area contributed by atoms with Crippen LogP contribution in [-0.4, -0.2) is 34.8 Å². The van der Waals surface area contributed by atoms with Crippen molar-refractivity contribution >= 4 is 15.7 Å². The van der Waals surface area contributed by atoms with Crippen LogP contribution in [0.15, 0.2) is 23.1 Å². The van der Waals surface area contributed by atoms with E-state index in [-0.39, 0.29) is 10.9 Å². The molecule has 0 heterocycles. The third kappa shape index (κ3) is 5.18. The number of ether oxygens (including phenoxy) is 2. The third-order valence-electron chi connectivity index (χ3n) is 2.88. The Hall–Kier alpha value is -1.31. The Morgan fingerprint density at radius 3 is 2.62 bits per heavy atom. The van der Waals surface area contributed by atoms with Gasteiger partial charge >= 0.3 is 0 Å². The van der Waals surface area contributed by atoms with Crippen LogP contribution < -0.4 is 15.2 Å². The van der Waals surface area contributed by atoms with Crippen molar-refractivity contribution < 1.29 is 17.9 Å². The molecule has 0 aliphatic carbocycles. The maximum atomic E-state index is 12.5. The molecule has 120 valence electrons. The summed E-state index contributed by atoms with van der Waals surface area (Å²) >= 11 is 0. The number of nitrogens with one attached hydrogen (secondary N) is 1. The van der Waals surface area contributed by atoms with E-state index in [0.29, 0.717) is 31.1 Å². The Kier molecular flexibility index (Phi) is 6.94. The zero-order valence-corrected chi connectivity index (χ0v) is 13.6. The fraction of sp³-hybridized carbons (Fsp3) is 0.571. The first-order chi connectivity index (χ1) is 9.94. The highest BCUT2D eigenvalue weighted by Crippen LogP contribution is 2.26. The lowest BCUT2D eigenvalue weighted by molar-refractivity contribution is 0.171. The molecule has 1 aromatic rings. The maximum Gasteiger partial charge on any atom is 0.244 e. The lowest BCUT2D eigenvalue weighted by Crippen LogP contribution is -2.38. The summed E-state index contributed by atoms with van der Waals surface area (Å²) in [6.07, 6.45) is 1.55. The molecule has 0 aromatic heterocycles. The Balaban J connectivity index is 3.08. The first-order valence-electron chi connectivity index (χ1n) is 6.98. The minimum absolute atomic E-state index is 0.0570. The molecule has 0 bridgehead atoms. The number of nitrogens with two attached hydrogens (primary N) is 1. The van der Waals surface area contributed by atoms with Gasteiger partial charge in [-0.3, -0.25) is 0 Å². The van der Waals surface area contributed by atoms with Gasteiger partial charge in [-0.15, -0.1) is 0 Å². The average Bonchev–Trinajstić information content (AvgIpc) is 2.41. The topological polar surface area (TPSA) is 90.7 Å². The van der Waals surface area contributed by atoms with Crippen molar-refractivity contribution in [1.29, 1.82) is 0 Å². The third-order valence-corrected chi connectivity index (χ3v) is 4.43. The first-order valence-corrected chi connectivity index (χ1v) is 8.46. The molecule has 1 atom stereocenters. The molecule has 0 amide bonds. The molecular formula is C14H24N2O4S. The Morgan fingerprint density at radius 1 is 1.33 bits per heavy atom. The molecule has 1 rings (SSSR count). The van der Waals surface area contributed by atoms with Crippen LogP contribution >= 0.6 is 0 Å². The van der Waals surface area contributed by atoms with Gasteiger partial charge in [0.15, 0.2) is 0 Å². The van der Waals surface area contributed by atoms with Crippen LogP contribution in [-0.2, 0) is 14.8 Å². The fourth-order valence-corrected chi connectivity index (χ4v) is 3.45. The number of sulfonamides is 1. The molecule has 1 unspecified atom stereocenters. The van der Waals surface area contributed by atoms with E-state index in [9.17, 15) is 8.42 Å². The summed E-state index contributed by atoms with van der Waals surface area (Å²) in [6.45, 7) is 4.48. The van der Waals surface area contributed by atoms with E-state index in [2.05, 4.69) is 4.72 Å². The largest absolute Gasteiger partial charge is 0.492 e. The normalized spacial score (nSPS) is 13.1. The van der Waals surface area contributed by atoms with Crippen molar-refractivity contribution in [3.63, 3.8) is 0 Å². The predicted molar refractivity (Wildman–Crippen MR) is 82.9 cm³/mol. The number of rotatable bonds is 9. The molecule has 0 saturated heterocycles. The summed E-state index contributed by atoms with van der Waals surface area (Å²) < 4.78 is 38.2. The van der Waals surface area contributed by atoms with Crippen LogP contribution in [0.1, 0.15) is 26.7 Å². The average molecular weight is 316 g/mol. The van der Waals surface area contributed by atoms with E-state index in [1.807, 2.05) is 6.92 Å². The summed E-state index contributed by atoms with van der Waals surface area (Å²) in [5.74, 6) is 0.298.